The van der Waals surface area contributed by atoms with Crippen LogP contribution in [-0.4, -0.2) is 16.2 Å². The van der Waals surface area contributed by atoms with Crippen molar-refractivity contribution in [3.63, 3.8) is 0 Å². The van der Waals surface area contributed by atoms with Crippen molar-refractivity contribution in [2.75, 3.05) is 4.90 Å². The first-order chi connectivity index (χ1) is 17.0. The molecule has 0 spiro atoms. The minimum Gasteiger partial charge on any atom is -0.491 e. The minimum absolute atomic E-state index is 0.115. The molecule has 0 saturated carbocycles. The van der Waals surface area contributed by atoms with E-state index in [1.807, 2.05) is 68.4 Å². The molecule has 4 aromatic rings. The predicted octanol–water partition coefficient (Wildman–Crippen LogP) is 7.10. The van der Waals surface area contributed by atoms with Gasteiger partial charge in [0, 0.05) is 16.8 Å². The Morgan fingerprint density at radius 2 is 1.77 bits per heavy atom. The van der Waals surface area contributed by atoms with Crippen LogP contribution in [0.4, 0.5) is 5.69 Å². The number of anilines is 1. The maximum atomic E-state index is 6.40. The summed E-state index contributed by atoms with van der Waals surface area (Å²) in [4.78, 5) is 7.85. The zero-order valence-electron chi connectivity index (χ0n) is 19.8. The molecule has 1 aliphatic heterocycles. The SMILES string of the molecule is Cc1ccc(Sc2ccc([C@@H]3[C@@H](c4ccccn4)NC(=S)N3c3ccc(OC(C)C)cc3)o2)cc1. The fourth-order valence-corrected chi connectivity index (χ4v) is 5.27. The van der Waals surface area contributed by atoms with Crippen molar-refractivity contribution in [1.82, 2.24) is 10.3 Å². The van der Waals surface area contributed by atoms with E-state index in [9.17, 15) is 0 Å². The standard InChI is InChI=1S/C28H27N3O2S2/c1-18(2)32-21-11-9-20(10-12-21)31-27(26(30-28(31)34)23-6-4-5-17-29-23)24-15-16-25(33-24)35-22-13-7-19(3)8-14-22/h4-18,26-27H,1-3H3,(H,30,34)/t26-,27-/m1/s1. The van der Waals surface area contributed by atoms with Gasteiger partial charge in [0.1, 0.15) is 17.6 Å². The number of aryl methyl sites for hydroxylation is 1. The molecule has 1 N–H and O–H groups in total. The molecular weight excluding hydrogens is 474 g/mol. The average molecular weight is 502 g/mol. The average Bonchev–Trinajstić information content (AvgIpc) is 3.45. The first-order valence-corrected chi connectivity index (χ1v) is 12.8. The Balaban J connectivity index is 1.49. The van der Waals surface area contributed by atoms with E-state index in [0.717, 1.165) is 32.9 Å². The molecule has 3 heterocycles. The van der Waals surface area contributed by atoms with Crippen LogP contribution < -0.4 is 15.0 Å². The van der Waals surface area contributed by atoms with Gasteiger partial charge in [0.25, 0.3) is 0 Å². The lowest BCUT2D eigenvalue weighted by Crippen LogP contribution is -2.29. The van der Waals surface area contributed by atoms with Crippen LogP contribution >= 0.6 is 24.0 Å². The van der Waals surface area contributed by atoms with E-state index in [0.29, 0.717) is 5.11 Å². The van der Waals surface area contributed by atoms with Crippen molar-refractivity contribution in [1.29, 1.82) is 0 Å². The molecule has 2 aromatic heterocycles. The summed E-state index contributed by atoms with van der Waals surface area (Å²) in [5.74, 6) is 1.65. The maximum Gasteiger partial charge on any atom is 0.174 e. The highest BCUT2D eigenvalue weighted by Gasteiger charge is 2.42. The number of nitrogens with one attached hydrogen (secondary N) is 1. The number of aromatic nitrogens is 1. The summed E-state index contributed by atoms with van der Waals surface area (Å²) in [5.41, 5.74) is 3.11. The number of rotatable bonds is 7. The maximum absolute atomic E-state index is 6.40. The van der Waals surface area contributed by atoms with Crippen molar-refractivity contribution in [3.05, 3.63) is 102 Å². The number of nitrogens with zero attached hydrogens (tertiary/aromatic N) is 2. The molecule has 0 unspecified atom stereocenters. The van der Waals surface area contributed by atoms with E-state index in [1.54, 1.807) is 18.0 Å². The number of thiocarbonyl (C=S) groups is 1. The molecule has 1 fully saturated rings. The van der Waals surface area contributed by atoms with Gasteiger partial charge >= 0.3 is 0 Å². The van der Waals surface area contributed by atoms with Gasteiger partial charge in [-0.25, -0.2) is 0 Å². The molecule has 2 atom stereocenters. The predicted molar refractivity (Wildman–Crippen MR) is 144 cm³/mol. The van der Waals surface area contributed by atoms with Crippen molar-refractivity contribution in [2.24, 2.45) is 0 Å². The molecule has 7 heteroatoms. The molecule has 0 amide bonds. The van der Waals surface area contributed by atoms with Gasteiger partial charge in [0.05, 0.1) is 17.8 Å². The molecule has 178 valence electrons. The molecule has 0 radical (unpaired) electrons. The lowest BCUT2D eigenvalue weighted by atomic mass is 10.0. The second-order valence-corrected chi connectivity index (χ2v) is 10.2. The smallest absolute Gasteiger partial charge is 0.174 e. The zero-order chi connectivity index (χ0) is 24.4. The van der Waals surface area contributed by atoms with Gasteiger partial charge in [-0.15, -0.1) is 0 Å². The number of hydrogen-bond acceptors (Lipinski definition) is 5. The largest absolute Gasteiger partial charge is 0.491 e. The second kappa shape index (κ2) is 10.1. The van der Waals surface area contributed by atoms with Crippen LogP contribution in [0, 0.1) is 6.92 Å². The Labute approximate surface area is 215 Å². The lowest BCUT2D eigenvalue weighted by molar-refractivity contribution is 0.242. The molecule has 2 aromatic carbocycles. The third kappa shape index (κ3) is 5.21. The fourth-order valence-electron chi connectivity index (χ4n) is 4.15. The third-order valence-electron chi connectivity index (χ3n) is 5.72. The molecule has 35 heavy (non-hydrogen) atoms. The quantitative estimate of drug-likeness (QED) is 0.271. The van der Waals surface area contributed by atoms with Crippen LogP contribution in [0.3, 0.4) is 0 Å². The number of pyridine rings is 1. The lowest BCUT2D eigenvalue weighted by Gasteiger charge is -2.26. The summed E-state index contributed by atoms with van der Waals surface area (Å²) in [6, 6.07) is 26.1. The van der Waals surface area contributed by atoms with E-state index < -0.39 is 0 Å². The van der Waals surface area contributed by atoms with Crippen LogP contribution in [0.1, 0.15) is 42.9 Å². The van der Waals surface area contributed by atoms with Gasteiger partial charge in [-0.05, 0) is 93.7 Å². The summed E-state index contributed by atoms with van der Waals surface area (Å²) in [5, 5.41) is 4.94. The minimum atomic E-state index is -0.193. The highest BCUT2D eigenvalue weighted by Crippen LogP contribution is 2.43. The molecule has 0 aliphatic carbocycles. The van der Waals surface area contributed by atoms with Crippen LogP contribution in [0.25, 0.3) is 0 Å². The van der Waals surface area contributed by atoms with E-state index in [-0.39, 0.29) is 18.2 Å². The number of benzene rings is 2. The normalized spacial score (nSPS) is 17.6. The first kappa shape index (κ1) is 23.5. The summed E-state index contributed by atoms with van der Waals surface area (Å²) in [6.45, 7) is 6.12. The molecule has 5 nitrogen and oxygen atoms in total. The highest BCUT2D eigenvalue weighted by molar-refractivity contribution is 7.99. The van der Waals surface area contributed by atoms with Crippen LogP contribution in [0.15, 0.2) is 99.5 Å². The molecule has 1 saturated heterocycles. The van der Waals surface area contributed by atoms with Gasteiger partial charge in [-0.1, -0.05) is 35.5 Å². The van der Waals surface area contributed by atoms with Crippen molar-refractivity contribution in [2.45, 2.75) is 48.9 Å². The molecule has 5 rings (SSSR count). The number of furan rings is 1. The van der Waals surface area contributed by atoms with Crippen LogP contribution in [0.5, 0.6) is 5.75 Å². The Hall–Kier alpha value is -3.29. The monoisotopic (exact) mass is 501 g/mol. The van der Waals surface area contributed by atoms with E-state index in [1.165, 1.54) is 5.56 Å². The van der Waals surface area contributed by atoms with Crippen molar-refractivity contribution < 1.29 is 9.15 Å². The summed E-state index contributed by atoms with van der Waals surface area (Å²) >= 11 is 7.42. The third-order valence-corrected chi connectivity index (χ3v) is 6.96. The van der Waals surface area contributed by atoms with E-state index >= 15 is 0 Å². The molecule has 1 aliphatic rings. The van der Waals surface area contributed by atoms with E-state index in [4.69, 9.17) is 21.4 Å². The van der Waals surface area contributed by atoms with Gasteiger partial charge in [0.2, 0.25) is 0 Å². The Morgan fingerprint density at radius 1 is 1.00 bits per heavy atom. The molecular formula is C28H27N3O2S2. The second-order valence-electron chi connectivity index (χ2n) is 8.73. The number of hydrogen-bond donors (Lipinski definition) is 1. The Bertz CT molecular complexity index is 1290. The van der Waals surface area contributed by atoms with E-state index in [2.05, 4.69) is 46.4 Å². The molecule has 0 bridgehead atoms. The van der Waals surface area contributed by atoms with Crippen molar-refractivity contribution >= 4 is 34.8 Å². The summed E-state index contributed by atoms with van der Waals surface area (Å²) < 4.78 is 12.2. The fraction of sp³-hybridized carbons (Fsp3) is 0.214. The zero-order valence-corrected chi connectivity index (χ0v) is 21.5. The van der Waals surface area contributed by atoms with Crippen molar-refractivity contribution in [3.8, 4) is 5.75 Å². The van der Waals surface area contributed by atoms with Gasteiger partial charge in [0.15, 0.2) is 10.2 Å². The topological polar surface area (TPSA) is 50.5 Å². The Morgan fingerprint density at radius 3 is 2.46 bits per heavy atom. The highest BCUT2D eigenvalue weighted by atomic mass is 32.2. The summed E-state index contributed by atoms with van der Waals surface area (Å²) in [6.07, 6.45) is 1.92. The van der Waals surface area contributed by atoms with Crippen LogP contribution in [0.2, 0.25) is 0 Å². The first-order valence-electron chi connectivity index (χ1n) is 11.6. The van der Waals surface area contributed by atoms with Crippen LogP contribution in [-0.2, 0) is 0 Å². The number of ether oxygens (including phenoxy) is 1. The van der Waals surface area contributed by atoms with Gasteiger partial charge in [-0.3, -0.25) is 4.98 Å². The van der Waals surface area contributed by atoms with Gasteiger partial charge in [-0.2, -0.15) is 0 Å². The summed E-state index contributed by atoms with van der Waals surface area (Å²) in [7, 11) is 0. The van der Waals surface area contributed by atoms with Gasteiger partial charge < -0.3 is 19.4 Å². The Kier molecular flexibility index (Phi) is 6.79.